The van der Waals surface area contributed by atoms with Crippen LogP contribution in [-0.4, -0.2) is 23.9 Å². The Morgan fingerprint density at radius 1 is 1.18 bits per heavy atom. The van der Waals surface area contributed by atoms with Crippen LogP contribution in [0.3, 0.4) is 0 Å². The summed E-state index contributed by atoms with van der Waals surface area (Å²) < 4.78 is 0. The molecule has 0 spiro atoms. The summed E-state index contributed by atoms with van der Waals surface area (Å²) in [5.41, 5.74) is -0.704. The molecule has 2 bridgehead atoms. The Morgan fingerprint density at radius 3 is 2.55 bits per heavy atom. The van der Waals surface area contributed by atoms with Gasteiger partial charge in [-0.05, 0) is 37.5 Å². The van der Waals surface area contributed by atoms with Crippen LogP contribution in [0.1, 0.15) is 44.9 Å². The van der Waals surface area contributed by atoms with Crippen molar-refractivity contribution in [2.45, 2.75) is 50.5 Å². The molecule has 0 aromatic carbocycles. The lowest BCUT2D eigenvalue weighted by molar-refractivity contribution is -0.137. The van der Waals surface area contributed by atoms with Crippen molar-refractivity contribution in [1.82, 2.24) is 10.6 Å². The van der Waals surface area contributed by atoms with Gasteiger partial charge in [0.05, 0.1) is 0 Å². The van der Waals surface area contributed by atoms with Gasteiger partial charge in [0.1, 0.15) is 5.54 Å². The molecule has 2 amide bonds. The molecule has 120 valence electrons. The van der Waals surface area contributed by atoms with Crippen LogP contribution in [-0.2, 0) is 9.59 Å². The monoisotopic (exact) mass is 302 g/mol. The van der Waals surface area contributed by atoms with E-state index in [1.54, 1.807) is 6.08 Å². The average Bonchev–Trinajstić information content (AvgIpc) is 3.16. The Kier molecular flexibility index (Phi) is 4.37. The Hall–Kier alpha value is -1.58. The van der Waals surface area contributed by atoms with Gasteiger partial charge >= 0.3 is 0 Å². The topological polar surface area (TPSA) is 58.2 Å². The number of amides is 2. The third-order valence-electron chi connectivity index (χ3n) is 5.53. The second kappa shape index (κ2) is 6.27. The lowest BCUT2D eigenvalue weighted by Gasteiger charge is -2.37. The Morgan fingerprint density at radius 2 is 1.95 bits per heavy atom. The van der Waals surface area contributed by atoms with Gasteiger partial charge in [0.15, 0.2) is 0 Å². The molecular formula is C18H26N2O2. The first-order valence-corrected chi connectivity index (χ1v) is 8.54. The van der Waals surface area contributed by atoms with Crippen LogP contribution in [0.25, 0.3) is 0 Å². The molecule has 3 rings (SSSR count). The van der Waals surface area contributed by atoms with Crippen molar-refractivity contribution in [3.05, 3.63) is 24.8 Å². The second-order valence-electron chi connectivity index (χ2n) is 7.02. The van der Waals surface area contributed by atoms with Crippen molar-refractivity contribution in [2.24, 2.45) is 17.8 Å². The minimum absolute atomic E-state index is 0.0425. The standard InChI is InChI=1S/C18H26N2O2/c1-2-10-19-17(22)18(8-4-3-5-9-18)20-16(21)15-12-13-6-7-14(15)11-13/h2,6-7,13-15H,1,3-5,8-12H2,(H,19,22)(H,20,21)/t13-,14-,15+/m0/s1. The molecule has 0 aromatic rings. The van der Waals surface area contributed by atoms with Crippen LogP contribution in [0.15, 0.2) is 24.8 Å². The van der Waals surface area contributed by atoms with Gasteiger partial charge < -0.3 is 10.6 Å². The number of allylic oxidation sites excluding steroid dienone is 2. The van der Waals surface area contributed by atoms with E-state index in [2.05, 4.69) is 29.4 Å². The summed E-state index contributed by atoms with van der Waals surface area (Å²) >= 11 is 0. The van der Waals surface area contributed by atoms with E-state index in [0.29, 0.717) is 18.4 Å². The van der Waals surface area contributed by atoms with E-state index in [1.807, 2.05) is 0 Å². The van der Waals surface area contributed by atoms with E-state index < -0.39 is 5.54 Å². The van der Waals surface area contributed by atoms with Gasteiger partial charge in [-0.15, -0.1) is 6.58 Å². The molecule has 2 N–H and O–H groups in total. The highest BCUT2D eigenvalue weighted by molar-refractivity contribution is 5.92. The van der Waals surface area contributed by atoms with Gasteiger partial charge in [-0.2, -0.15) is 0 Å². The van der Waals surface area contributed by atoms with Gasteiger partial charge in [-0.1, -0.05) is 37.5 Å². The molecule has 0 aliphatic heterocycles. The fourth-order valence-corrected chi connectivity index (χ4v) is 4.31. The maximum absolute atomic E-state index is 12.7. The smallest absolute Gasteiger partial charge is 0.246 e. The van der Waals surface area contributed by atoms with Gasteiger partial charge in [-0.3, -0.25) is 9.59 Å². The number of hydrogen-bond donors (Lipinski definition) is 2. The molecule has 2 fully saturated rings. The molecule has 4 nitrogen and oxygen atoms in total. The average molecular weight is 302 g/mol. The Balaban J connectivity index is 1.69. The molecule has 0 aromatic heterocycles. The summed E-state index contributed by atoms with van der Waals surface area (Å²) in [6.45, 7) is 4.09. The van der Waals surface area contributed by atoms with Crippen molar-refractivity contribution in [2.75, 3.05) is 6.54 Å². The third-order valence-corrected chi connectivity index (χ3v) is 5.53. The van der Waals surface area contributed by atoms with Crippen molar-refractivity contribution in [3.8, 4) is 0 Å². The van der Waals surface area contributed by atoms with Gasteiger partial charge in [0, 0.05) is 12.5 Å². The van der Waals surface area contributed by atoms with E-state index in [1.165, 1.54) is 0 Å². The minimum atomic E-state index is -0.704. The van der Waals surface area contributed by atoms with Crippen LogP contribution in [0, 0.1) is 17.8 Å². The lowest BCUT2D eigenvalue weighted by Crippen LogP contribution is -2.60. The molecular weight excluding hydrogens is 276 g/mol. The number of hydrogen-bond acceptors (Lipinski definition) is 2. The summed E-state index contributed by atoms with van der Waals surface area (Å²) in [6, 6.07) is 0. The molecule has 0 heterocycles. The van der Waals surface area contributed by atoms with Crippen LogP contribution in [0.4, 0.5) is 0 Å². The largest absolute Gasteiger partial charge is 0.351 e. The summed E-state index contributed by atoms with van der Waals surface area (Å²) in [6.07, 6.45) is 12.8. The molecule has 2 saturated carbocycles. The minimum Gasteiger partial charge on any atom is -0.351 e. The molecule has 0 radical (unpaired) electrons. The summed E-state index contributed by atoms with van der Waals surface area (Å²) in [4.78, 5) is 25.3. The number of rotatable bonds is 5. The van der Waals surface area contributed by atoms with Crippen molar-refractivity contribution >= 4 is 11.8 Å². The van der Waals surface area contributed by atoms with Crippen LogP contribution in [0.2, 0.25) is 0 Å². The SMILES string of the molecule is C=CCNC(=O)C1(NC(=O)[C@@H]2C[C@H]3C=C[C@H]2C3)CCCCC1. The first-order valence-electron chi connectivity index (χ1n) is 8.54. The molecule has 3 aliphatic rings. The molecule has 22 heavy (non-hydrogen) atoms. The summed E-state index contributed by atoms with van der Waals surface area (Å²) in [7, 11) is 0. The van der Waals surface area contributed by atoms with Crippen molar-refractivity contribution in [3.63, 3.8) is 0 Å². The highest BCUT2D eigenvalue weighted by Gasteiger charge is 2.45. The maximum Gasteiger partial charge on any atom is 0.246 e. The Labute approximate surface area is 132 Å². The van der Waals surface area contributed by atoms with Crippen LogP contribution in [0.5, 0.6) is 0 Å². The van der Waals surface area contributed by atoms with Gasteiger partial charge in [0.25, 0.3) is 0 Å². The maximum atomic E-state index is 12.7. The zero-order valence-corrected chi connectivity index (χ0v) is 13.1. The Bertz CT molecular complexity index is 491. The first kappa shape index (κ1) is 15.3. The number of carbonyl (C=O) groups excluding carboxylic acids is 2. The molecule has 0 unspecified atom stereocenters. The highest BCUT2D eigenvalue weighted by Crippen LogP contribution is 2.44. The molecule has 0 saturated heterocycles. The molecule has 4 heteroatoms. The predicted molar refractivity (Wildman–Crippen MR) is 86.0 cm³/mol. The number of fused-ring (bicyclic) bond motifs is 2. The van der Waals surface area contributed by atoms with E-state index >= 15 is 0 Å². The molecule has 3 aliphatic carbocycles. The summed E-state index contributed by atoms with van der Waals surface area (Å²) in [5.74, 6) is 1.03. The zero-order chi connectivity index (χ0) is 15.6. The quantitative estimate of drug-likeness (QED) is 0.766. The van der Waals surface area contributed by atoms with Crippen LogP contribution >= 0.6 is 0 Å². The number of carbonyl (C=O) groups is 2. The van der Waals surface area contributed by atoms with E-state index in [-0.39, 0.29) is 17.7 Å². The first-order chi connectivity index (χ1) is 10.6. The van der Waals surface area contributed by atoms with E-state index in [9.17, 15) is 9.59 Å². The van der Waals surface area contributed by atoms with E-state index in [4.69, 9.17) is 0 Å². The third kappa shape index (κ3) is 2.83. The van der Waals surface area contributed by atoms with Gasteiger partial charge in [-0.25, -0.2) is 0 Å². The fourth-order valence-electron chi connectivity index (χ4n) is 4.31. The molecule has 3 atom stereocenters. The van der Waals surface area contributed by atoms with Gasteiger partial charge in [0.2, 0.25) is 11.8 Å². The van der Waals surface area contributed by atoms with E-state index in [0.717, 1.165) is 44.9 Å². The normalized spacial score (nSPS) is 31.7. The highest BCUT2D eigenvalue weighted by atomic mass is 16.2. The number of nitrogens with one attached hydrogen (secondary N) is 2. The predicted octanol–water partition coefficient (Wildman–Crippen LogP) is 2.32. The second-order valence-corrected chi connectivity index (χ2v) is 7.02. The summed E-state index contributed by atoms with van der Waals surface area (Å²) in [5, 5.41) is 6.04. The zero-order valence-electron chi connectivity index (χ0n) is 13.1. The van der Waals surface area contributed by atoms with Crippen molar-refractivity contribution in [1.29, 1.82) is 0 Å². The lowest BCUT2D eigenvalue weighted by atomic mass is 9.79. The fraction of sp³-hybridized carbons (Fsp3) is 0.667. The van der Waals surface area contributed by atoms with Crippen LogP contribution < -0.4 is 10.6 Å². The van der Waals surface area contributed by atoms with Crippen molar-refractivity contribution < 1.29 is 9.59 Å².